The molecule has 1 unspecified atom stereocenters. The van der Waals surface area contributed by atoms with Crippen LogP contribution in [0.5, 0.6) is 0 Å². The van der Waals surface area contributed by atoms with Crippen molar-refractivity contribution < 1.29 is 9.59 Å². The first-order valence-corrected chi connectivity index (χ1v) is 9.30. The molecule has 0 spiro atoms. The van der Waals surface area contributed by atoms with Gasteiger partial charge in [-0.1, -0.05) is 11.6 Å². The van der Waals surface area contributed by atoms with Crippen LogP contribution in [0.15, 0.2) is 16.9 Å². The summed E-state index contributed by atoms with van der Waals surface area (Å²) < 4.78 is 3.10. The predicted octanol–water partition coefficient (Wildman–Crippen LogP) is 1.44. The number of imidazole rings is 1. The zero-order chi connectivity index (χ0) is 18.4. The Kier molecular flexibility index (Phi) is 4.36. The van der Waals surface area contributed by atoms with E-state index in [0.717, 1.165) is 37.0 Å². The Morgan fingerprint density at radius 2 is 1.85 bits per heavy atom. The van der Waals surface area contributed by atoms with Crippen LogP contribution < -0.4 is 16.3 Å². The molecule has 2 amide bonds. The summed E-state index contributed by atoms with van der Waals surface area (Å²) in [5, 5.41) is 6.33. The van der Waals surface area contributed by atoms with Crippen molar-refractivity contribution in [3.63, 3.8) is 0 Å². The molecule has 138 valence electrons. The van der Waals surface area contributed by atoms with Crippen LogP contribution in [0.3, 0.4) is 0 Å². The third-order valence-electron chi connectivity index (χ3n) is 5.50. The molecule has 2 fully saturated rings. The number of imide groups is 1. The first-order chi connectivity index (χ1) is 12.5. The lowest BCUT2D eigenvalue weighted by Crippen LogP contribution is -2.44. The molecule has 2 saturated heterocycles. The van der Waals surface area contributed by atoms with E-state index >= 15 is 0 Å². The summed E-state index contributed by atoms with van der Waals surface area (Å²) in [7, 11) is 1.72. The number of nitrogens with zero attached hydrogens (tertiary/aromatic N) is 2. The number of amides is 2. The monoisotopic (exact) mass is 376 g/mol. The van der Waals surface area contributed by atoms with E-state index in [1.165, 1.54) is 4.57 Å². The quantitative estimate of drug-likeness (QED) is 0.777. The highest BCUT2D eigenvalue weighted by Gasteiger charge is 2.32. The smallest absolute Gasteiger partial charge is 0.317 e. The van der Waals surface area contributed by atoms with Gasteiger partial charge in [-0.2, -0.15) is 0 Å². The maximum atomic E-state index is 13.0. The Bertz CT molecular complexity index is 955. The number of carbonyl (C=O) groups excluding carboxylic acids is 2. The number of halogens is 1. The maximum Gasteiger partial charge on any atom is 0.329 e. The van der Waals surface area contributed by atoms with Gasteiger partial charge in [0.05, 0.1) is 11.0 Å². The first-order valence-electron chi connectivity index (χ1n) is 8.92. The maximum absolute atomic E-state index is 13.0. The minimum Gasteiger partial charge on any atom is -0.317 e. The van der Waals surface area contributed by atoms with Crippen molar-refractivity contribution in [2.24, 2.45) is 7.05 Å². The minimum atomic E-state index is -0.675. The number of rotatable bonds is 2. The second-order valence-corrected chi connectivity index (χ2v) is 7.44. The number of hydrogen-bond acceptors (Lipinski definition) is 4. The highest BCUT2D eigenvalue weighted by atomic mass is 35.5. The molecular formula is C18H21ClN4O3. The van der Waals surface area contributed by atoms with E-state index in [0.29, 0.717) is 17.0 Å². The third-order valence-corrected chi connectivity index (χ3v) is 5.83. The highest BCUT2D eigenvalue weighted by Crippen LogP contribution is 2.37. The fourth-order valence-electron chi connectivity index (χ4n) is 4.21. The van der Waals surface area contributed by atoms with E-state index < -0.39 is 11.9 Å². The highest BCUT2D eigenvalue weighted by molar-refractivity contribution is 6.32. The molecule has 2 N–H and O–H groups in total. The zero-order valence-electron chi connectivity index (χ0n) is 14.5. The van der Waals surface area contributed by atoms with E-state index in [-0.39, 0.29) is 23.9 Å². The predicted molar refractivity (Wildman–Crippen MR) is 98.5 cm³/mol. The molecule has 1 atom stereocenters. The second-order valence-electron chi connectivity index (χ2n) is 7.03. The largest absolute Gasteiger partial charge is 0.329 e. The van der Waals surface area contributed by atoms with Crippen molar-refractivity contribution in [3.8, 4) is 0 Å². The number of benzene rings is 1. The molecule has 26 heavy (non-hydrogen) atoms. The number of fused-ring (bicyclic) bond motifs is 1. The molecule has 4 rings (SSSR count). The summed E-state index contributed by atoms with van der Waals surface area (Å²) in [4.78, 5) is 36.8. The van der Waals surface area contributed by atoms with Crippen molar-refractivity contribution in [3.05, 3.63) is 33.2 Å². The average molecular weight is 377 g/mol. The lowest BCUT2D eigenvalue weighted by Gasteiger charge is -2.25. The molecule has 3 heterocycles. The average Bonchev–Trinajstić information content (AvgIpc) is 2.87. The second kappa shape index (κ2) is 6.55. The number of nitrogens with one attached hydrogen (secondary N) is 2. The van der Waals surface area contributed by atoms with Crippen molar-refractivity contribution in [1.82, 2.24) is 19.8 Å². The fourth-order valence-corrected chi connectivity index (χ4v) is 4.51. The Hall–Kier alpha value is -2.12. The topological polar surface area (TPSA) is 85.1 Å². The molecule has 2 aliphatic rings. The molecule has 2 aromatic rings. The van der Waals surface area contributed by atoms with Crippen molar-refractivity contribution in [2.45, 2.75) is 37.6 Å². The standard InChI is InChI=1S/C18H21ClN4O3/c1-22-16-12(3-2-11(19)15(16)10-6-8-20-9-7-10)23(18(22)26)13-4-5-14(24)21-17(13)25/h2-3,10,13,20H,4-9H2,1H3,(H,21,24,25). The molecule has 1 aromatic carbocycles. The summed E-state index contributed by atoms with van der Waals surface area (Å²) in [5.41, 5.74) is 2.22. The van der Waals surface area contributed by atoms with Gasteiger partial charge < -0.3 is 5.32 Å². The molecular weight excluding hydrogens is 356 g/mol. The van der Waals surface area contributed by atoms with Gasteiger partial charge in [0.1, 0.15) is 6.04 Å². The summed E-state index contributed by atoms with van der Waals surface area (Å²) in [6, 6.07) is 2.93. The zero-order valence-corrected chi connectivity index (χ0v) is 15.3. The lowest BCUT2D eigenvalue weighted by molar-refractivity contribution is -0.135. The van der Waals surface area contributed by atoms with E-state index in [1.54, 1.807) is 17.7 Å². The molecule has 8 heteroatoms. The molecule has 1 aromatic heterocycles. The Labute approximate surface area is 155 Å². The van der Waals surface area contributed by atoms with Crippen LogP contribution in [0.4, 0.5) is 0 Å². The van der Waals surface area contributed by atoms with E-state index in [1.807, 2.05) is 6.07 Å². The van der Waals surface area contributed by atoms with Gasteiger partial charge in [0, 0.05) is 18.5 Å². The summed E-state index contributed by atoms with van der Waals surface area (Å²) in [6.45, 7) is 1.83. The Morgan fingerprint density at radius 1 is 1.12 bits per heavy atom. The van der Waals surface area contributed by atoms with Crippen LogP contribution in [0.1, 0.15) is 43.2 Å². The molecule has 7 nitrogen and oxygen atoms in total. The molecule has 0 saturated carbocycles. The van der Waals surface area contributed by atoms with Gasteiger partial charge in [-0.25, -0.2) is 4.79 Å². The summed E-state index contributed by atoms with van der Waals surface area (Å²) >= 11 is 6.53. The van der Waals surface area contributed by atoms with Gasteiger partial charge in [-0.3, -0.25) is 24.0 Å². The van der Waals surface area contributed by atoms with Gasteiger partial charge in [0.15, 0.2) is 0 Å². The fraction of sp³-hybridized carbons (Fsp3) is 0.500. The van der Waals surface area contributed by atoms with Crippen LogP contribution >= 0.6 is 11.6 Å². The van der Waals surface area contributed by atoms with Gasteiger partial charge in [-0.05, 0) is 56.0 Å². The molecule has 0 bridgehead atoms. The third kappa shape index (κ3) is 2.66. The van der Waals surface area contributed by atoms with Gasteiger partial charge in [-0.15, -0.1) is 0 Å². The lowest BCUT2D eigenvalue weighted by atomic mass is 9.89. The van der Waals surface area contributed by atoms with Gasteiger partial charge in [0.2, 0.25) is 11.8 Å². The molecule has 0 aliphatic carbocycles. The SMILES string of the molecule is Cn1c(=O)n(C2CCC(=O)NC2=O)c2ccc(Cl)c(C3CCNCC3)c21. The van der Waals surface area contributed by atoms with Gasteiger partial charge >= 0.3 is 5.69 Å². The molecule has 0 radical (unpaired) electrons. The number of carbonyl (C=O) groups is 2. The minimum absolute atomic E-state index is 0.230. The van der Waals surface area contributed by atoms with Crippen LogP contribution in [-0.2, 0) is 16.6 Å². The first kappa shape index (κ1) is 17.3. The number of aromatic nitrogens is 2. The Morgan fingerprint density at radius 3 is 2.54 bits per heavy atom. The number of piperidine rings is 2. The van der Waals surface area contributed by atoms with Crippen LogP contribution in [0.2, 0.25) is 5.02 Å². The van der Waals surface area contributed by atoms with Crippen LogP contribution in [0.25, 0.3) is 11.0 Å². The summed E-state index contributed by atoms with van der Waals surface area (Å²) in [5.74, 6) is -0.442. The van der Waals surface area contributed by atoms with Crippen molar-refractivity contribution in [2.75, 3.05) is 13.1 Å². The van der Waals surface area contributed by atoms with E-state index in [4.69, 9.17) is 11.6 Å². The normalized spacial score (nSPS) is 22.0. The van der Waals surface area contributed by atoms with E-state index in [9.17, 15) is 14.4 Å². The van der Waals surface area contributed by atoms with E-state index in [2.05, 4.69) is 10.6 Å². The van der Waals surface area contributed by atoms with Crippen molar-refractivity contribution in [1.29, 1.82) is 0 Å². The van der Waals surface area contributed by atoms with Crippen LogP contribution in [-0.4, -0.2) is 34.0 Å². The number of hydrogen-bond donors (Lipinski definition) is 2. The van der Waals surface area contributed by atoms with Gasteiger partial charge in [0.25, 0.3) is 0 Å². The summed E-state index contributed by atoms with van der Waals surface area (Å²) in [6.07, 6.45) is 2.47. The number of aryl methyl sites for hydroxylation is 1. The molecule has 2 aliphatic heterocycles. The Balaban J connectivity index is 1.91. The van der Waals surface area contributed by atoms with Crippen LogP contribution in [0, 0.1) is 0 Å². The van der Waals surface area contributed by atoms with Crippen molar-refractivity contribution >= 4 is 34.4 Å².